The summed E-state index contributed by atoms with van der Waals surface area (Å²) in [5.74, 6) is 0. The van der Waals surface area contributed by atoms with E-state index in [1.807, 2.05) is 6.07 Å². The largest absolute Gasteiger partial charge is 0.456 e. The van der Waals surface area contributed by atoms with Crippen LogP contribution in [0.25, 0.3) is 76.2 Å². The zero-order valence-corrected chi connectivity index (χ0v) is 26.1. The number of rotatable bonds is 4. The van der Waals surface area contributed by atoms with Crippen LogP contribution < -0.4 is 4.90 Å². The minimum absolute atomic E-state index is 0.924. The summed E-state index contributed by atoms with van der Waals surface area (Å²) in [7, 11) is 0. The first-order valence-electron chi connectivity index (χ1n) is 16.4. The molecular weight excluding hydrogens is 583 g/mol. The molecule has 2 heteroatoms. The number of hydrogen-bond acceptors (Lipinski definition) is 2. The van der Waals surface area contributed by atoms with Gasteiger partial charge in [-0.15, -0.1) is 0 Å². The van der Waals surface area contributed by atoms with Gasteiger partial charge in [-0.05, 0) is 109 Å². The third-order valence-corrected chi connectivity index (χ3v) is 9.80. The quantitative estimate of drug-likeness (QED) is 0.184. The Morgan fingerprint density at radius 2 is 0.896 bits per heavy atom. The second-order valence-electron chi connectivity index (χ2n) is 12.5. The predicted octanol–water partition coefficient (Wildman–Crippen LogP) is 13.3. The van der Waals surface area contributed by atoms with Crippen LogP contribution in [0.3, 0.4) is 0 Å². The van der Waals surface area contributed by atoms with E-state index in [0.29, 0.717) is 0 Å². The van der Waals surface area contributed by atoms with Crippen molar-refractivity contribution in [2.45, 2.75) is 0 Å². The number of furan rings is 1. The molecule has 1 heterocycles. The first-order valence-corrected chi connectivity index (χ1v) is 16.4. The van der Waals surface area contributed by atoms with Gasteiger partial charge in [-0.2, -0.15) is 0 Å². The van der Waals surface area contributed by atoms with Crippen molar-refractivity contribution in [2.75, 3.05) is 4.90 Å². The third kappa shape index (κ3) is 4.20. The van der Waals surface area contributed by atoms with E-state index in [4.69, 9.17) is 4.42 Å². The molecule has 0 saturated carbocycles. The van der Waals surface area contributed by atoms with Crippen LogP contribution in [-0.4, -0.2) is 0 Å². The molecule has 0 spiro atoms. The van der Waals surface area contributed by atoms with E-state index < -0.39 is 0 Å². The maximum atomic E-state index is 6.24. The van der Waals surface area contributed by atoms with E-state index in [9.17, 15) is 0 Å². The number of benzene rings is 9. The molecule has 48 heavy (non-hydrogen) atoms. The van der Waals surface area contributed by atoms with Crippen LogP contribution in [0.5, 0.6) is 0 Å². The summed E-state index contributed by atoms with van der Waals surface area (Å²) in [6, 6.07) is 63.4. The van der Waals surface area contributed by atoms with Crippen LogP contribution in [0.2, 0.25) is 0 Å². The lowest BCUT2D eigenvalue weighted by atomic mass is 9.94. The molecule has 224 valence electrons. The number of fused-ring (bicyclic) bond motifs is 10. The van der Waals surface area contributed by atoms with Gasteiger partial charge in [0, 0.05) is 27.8 Å². The van der Waals surface area contributed by atoms with Crippen LogP contribution in [0.15, 0.2) is 180 Å². The molecule has 0 atom stereocenters. The monoisotopic (exact) mass is 611 g/mol. The van der Waals surface area contributed by atoms with Gasteiger partial charge in [-0.3, -0.25) is 0 Å². The van der Waals surface area contributed by atoms with Gasteiger partial charge in [-0.1, -0.05) is 121 Å². The van der Waals surface area contributed by atoms with Crippen molar-refractivity contribution >= 4 is 82.1 Å². The van der Waals surface area contributed by atoms with Gasteiger partial charge in [0.15, 0.2) is 0 Å². The highest BCUT2D eigenvalue weighted by molar-refractivity contribution is 6.28. The molecule has 10 aromatic rings. The number of para-hydroxylation sites is 1. The summed E-state index contributed by atoms with van der Waals surface area (Å²) in [5, 5.41) is 12.2. The molecule has 0 bridgehead atoms. The van der Waals surface area contributed by atoms with E-state index >= 15 is 0 Å². The molecule has 2 nitrogen and oxygen atoms in total. The zero-order valence-electron chi connectivity index (χ0n) is 26.1. The van der Waals surface area contributed by atoms with Crippen molar-refractivity contribution in [3.05, 3.63) is 176 Å². The SMILES string of the molecule is c1ccc(-c2ccc(N(c3ccc4ccccc4c3)c3ccc4c(ccc5ccc6c(ccc7oc8ccccc8c76)c54)c3)cc2)cc1. The van der Waals surface area contributed by atoms with Gasteiger partial charge in [0.2, 0.25) is 0 Å². The average Bonchev–Trinajstić information content (AvgIpc) is 3.54. The first kappa shape index (κ1) is 26.8. The lowest BCUT2D eigenvalue weighted by molar-refractivity contribution is 0.669. The predicted molar refractivity (Wildman–Crippen MR) is 204 cm³/mol. The molecule has 0 saturated heterocycles. The Hall–Kier alpha value is -6.38. The average molecular weight is 612 g/mol. The van der Waals surface area contributed by atoms with Gasteiger partial charge in [0.25, 0.3) is 0 Å². The van der Waals surface area contributed by atoms with Crippen LogP contribution in [0.1, 0.15) is 0 Å². The highest BCUT2D eigenvalue weighted by Crippen LogP contribution is 2.42. The Labute approximate surface area is 277 Å². The van der Waals surface area contributed by atoms with Crippen molar-refractivity contribution in [2.24, 2.45) is 0 Å². The van der Waals surface area contributed by atoms with Crippen LogP contribution in [-0.2, 0) is 0 Å². The minimum Gasteiger partial charge on any atom is -0.456 e. The Balaban J connectivity index is 1.17. The van der Waals surface area contributed by atoms with Crippen LogP contribution in [0, 0.1) is 0 Å². The lowest BCUT2D eigenvalue weighted by Gasteiger charge is -2.26. The van der Waals surface area contributed by atoms with Crippen molar-refractivity contribution in [1.82, 2.24) is 0 Å². The van der Waals surface area contributed by atoms with Crippen molar-refractivity contribution in [3.8, 4) is 11.1 Å². The maximum absolute atomic E-state index is 6.24. The second kappa shape index (κ2) is 10.6. The molecule has 0 amide bonds. The van der Waals surface area contributed by atoms with Crippen molar-refractivity contribution < 1.29 is 4.42 Å². The fraction of sp³-hybridized carbons (Fsp3) is 0. The highest BCUT2D eigenvalue weighted by atomic mass is 16.3. The van der Waals surface area contributed by atoms with Gasteiger partial charge in [0.05, 0.1) is 0 Å². The van der Waals surface area contributed by atoms with Gasteiger partial charge >= 0.3 is 0 Å². The summed E-state index contributed by atoms with van der Waals surface area (Å²) >= 11 is 0. The third-order valence-electron chi connectivity index (χ3n) is 9.80. The second-order valence-corrected chi connectivity index (χ2v) is 12.5. The summed E-state index contributed by atoms with van der Waals surface area (Å²) in [5.41, 5.74) is 7.63. The summed E-state index contributed by atoms with van der Waals surface area (Å²) in [4.78, 5) is 2.37. The van der Waals surface area contributed by atoms with Gasteiger partial charge in [0.1, 0.15) is 11.2 Å². The van der Waals surface area contributed by atoms with E-state index in [1.54, 1.807) is 0 Å². The Kier molecular flexibility index (Phi) is 5.91. The van der Waals surface area contributed by atoms with Crippen LogP contribution in [0.4, 0.5) is 17.1 Å². The molecule has 10 rings (SSSR count). The normalized spacial score (nSPS) is 11.8. The number of nitrogens with zero attached hydrogens (tertiary/aromatic N) is 1. The molecular formula is C46H29NO. The fourth-order valence-electron chi connectivity index (χ4n) is 7.52. The molecule has 9 aromatic carbocycles. The fourth-order valence-corrected chi connectivity index (χ4v) is 7.52. The minimum atomic E-state index is 0.924. The zero-order chi connectivity index (χ0) is 31.6. The first-order chi connectivity index (χ1) is 23.8. The molecule has 0 N–H and O–H groups in total. The van der Waals surface area contributed by atoms with Gasteiger partial charge < -0.3 is 9.32 Å². The molecule has 0 fully saturated rings. The molecule has 0 aliphatic heterocycles. The Bertz CT molecular complexity index is 2830. The molecule has 1 aromatic heterocycles. The molecule has 0 unspecified atom stereocenters. The topological polar surface area (TPSA) is 16.4 Å². The smallest absolute Gasteiger partial charge is 0.136 e. The molecule has 0 aliphatic rings. The standard InChI is InChI=1S/C46H29NO/c1-2-8-30(9-3-1)32-16-20-36(21-17-32)47(37-22-18-31-10-4-5-11-34(31)28-37)38-23-25-39-35(29-38)15-14-33-19-24-41-40(45(33)39)26-27-44-46(41)42-12-6-7-13-43(42)48-44/h1-29H. The maximum Gasteiger partial charge on any atom is 0.136 e. The van der Waals surface area contributed by atoms with Gasteiger partial charge in [-0.25, -0.2) is 0 Å². The summed E-state index contributed by atoms with van der Waals surface area (Å²) in [6.45, 7) is 0. The van der Waals surface area contributed by atoms with E-state index in [1.165, 1.54) is 59.6 Å². The van der Waals surface area contributed by atoms with Crippen molar-refractivity contribution in [1.29, 1.82) is 0 Å². The number of anilines is 3. The van der Waals surface area contributed by atoms with E-state index in [-0.39, 0.29) is 0 Å². The van der Waals surface area contributed by atoms with Crippen molar-refractivity contribution in [3.63, 3.8) is 0 Å². The summed E-state index contributed by atoms with van der Waals surface area (Å²) < 4.78 is 6.24. The highest BCUT2D eigenvalue weighted by Gasteiger charge is 2.17. The van der Waals surface area contributed by atoms with E-state index in [0.717, 1.165) is 33.6 Å². The Morgan fingerprint density at radius 1 is 0.312 bits per heavy atom. The Morgan fingerprint density at radius 3 is 1.77 bits per heavy atom. The number of hydrogen-bond donors (Lipinski definition) is 0. The van der Waals surface area contributed by atoms with E-state index in [2.05, 4.69) is 175 Å². The molecule has 0 radical (unpaired) electrons. The molecule has 0 aliphatic carbocycles. The van der Waals surface area contributed by atoms with Crippen LogP contribution >= 0.6 is 0 Å². The lowest BCUT2D eigenvalue weighted by Crippen LogP contribution is -2.10. The summed E-state index contributed by atoms with van der Waals surface area (Å²) in [6.07, 6.45) is 0.